The van der Waals surface area contributed by atoms with E-state index >= 15 is 0 Å². The minimum Gasteiger partial charge on any atom is -0.756 e. The molecule has 0 aliphatic rings. The molecule has 0 rings (SSSR count). The maximum absolute atomic E-state index is 12.9. The molecule has 0 aromatic rings. The number of hydrogen-bond acceptors (Lipinski definition) is 8. The molecule has 0 aliphatic heterocycles. The topological polar surface area (TPSA) is 111 Å². The summed E-state index contributed by atoms with van der Waals surface area (Å²) >= 11 is 0. The van der Waals surface area contributed by atoms with Gasteiger partial charge >= 0.3 is 11.9 Å². The summed E-state index contributed by atoms with van der Waals surface area (Å²) in [5.74, 6) is -0.812. The van der Waals surface area contributed by atoms with E-state index in [-0.39, 0.29) is 32.0 Å². The molecule has 0 spiro atoms. The standard InChI is InChI=1S/C88H164NO8P/c1-6-8-10-12-14-16-18-20-22-24-26-28-30-32-34-36-38-40-42-43-44-45-47-48-50-52-54-56-58-60-62-64-66-68-70-72-74-76-78-80-87(90)94-84-86(85-96-98(92,93)95-83-82-89(3,4)5)97-88(91)81-79-77-75-73-71-69-67-65-63-61-59-57-55-53-51-49-46-41-39-37-35-33-31-29-27-25-23-21-19-17-15-13-11-9-7-2/h9,11,15,17,21,23,27,29,33,35,39,41,86H,6-8,10,12-14,16,18-20,22,24-26,28,30-32,34,36-38,40,42-85H2,1-5H3/b11-9-,17-15-,23-21-,29-27-,35-33-,41-39-. The van der Waals surface area contributed by atoms with Gasteiger partial charge in [-0.15, -0.1) is 0 Å². The van der Waals surface area contributed by atoms with E-state index in [2.05, 4.69) is 86.8 Å². The van der Waals surface area contributed by atoms with E-state index in [0.29, 0.717) is 17.4 Å². The number of nitrogens with zero attached hydrogens (tertiary/aromatic N) is 1. The molecule has 9 nitrogen and oxygen atoms in total. The maximum Gasteiger partial charge on any atom is 0.306 e. The number of likely N-dealkylation sites (N-methyl/N-ethyl adjacent to an activating group) is 1. The van der Waals surface area contributed by atoms with Gasteiger partial charge in [-0.05, 0) is 64.2 Å². The number of rotatable bonds is 80. The minimum absolute atomic E-state index is 0.0298. The minimum atomic E-state index is -4.65. The van der Waals surface area contributed by atoms with Gasteiger partial charge in [-0.25, -0.2) is 0 Å². The predicted molar refractivity (Wildman–Crippen MR) is 425 cm³/mol. The van der Waals surface area contributed by atoms with Crippen molar-refractivity contribution in [1.29, 1.82) is 0 Å². The van der Waals surface area contributed by atoms with Crippen LogP contribution >= 0.6 is 7.82 Å². The van der Waals surface area contributed by atoms with Crippen LogP contribution in [0.15, 0.2) is 72.9 Å². The summed E-state index contributed by atoms with van der Waals surface area (Å²) in [4.78, 5) is 38.2. The molecule has 10 heteroatoms. The lowest BCUT2D eigenvalue weighted by Gasteiger charge is -2.28. The number of phosphoric acid groups is 1. The molecule has 0 radical (unpaired) electrons. The van der Waals surface area contributed by atoms with Crippen LogP contribution in [-0.4, -0.2) is 70.0 Å². The van der Waals surface area contributed by atoms with Crippen molar-refractivity contribution in [2.24, 2.45) is 0 Å². The second-order valence-electron chi connectivity index (χ2n) is 30.2. The second-order valence-corrected chi connectivity index (χ2v) is 31.6. The number of allylic oxidation sites excluding steroid dienone is 12. The molecule has 0 fully saturated rings. The molecule has 574 valence electrons. The third kappa shape index (κ3) is 82.4. The number of carbonyl (C=O) groups excluding carboxylic acids is 2. The van der Waals surface area contributed by atoms with Crippen LogP contribution in [0.3, 0.4) is 0 Å². The maximum atomic E-state index is 12.9. The van der Waals surface area contributed by atoms with Crippen molar-refractivity contribution in [3.05, 3.63) is 72.9 Å². The monoisotopic (exact) mass is 1390 g/mol. The van der Waals surface area contributed by atoms with E-state index in [1.165, 1.54) is 315 Å². The molecule has 0 N–H and O–H groups in total. The number of esters is 2. The molecule has 98 heavy (non-hydrogen) atoms. The first kappa shape index (κ1) is 95.5. The van der Waals surface area contributed by atoms with E-state index in [0.717, 1.165) is 77.0 Å². The van der Waals surface area contributed by atoms with Gasteiger partial charge in [0, 0.05) is 12.8 Å². The lowest BCUT2D eigenvalue weighted by atomic mass is 10.0. The second kappa shape index (κ2) is 78.6. The van der Waals surface area contributed by atoms with Crippen LogP contribution in [0.1, 0.15) is 425 Å². The fourth-order valence-electron chi connectivity index (χ4n) is 12.8. The van der Waals surface area contributed by atoms with E-state index in [1.54, 1.807) is 0 Å². The highest BCUT2D eigenvalue weighted by Crippen LogP contribution is 2.38. The number of unbranched alkanes of at least 4 members (excludes halogenated alkanes) is 54. The Bertz CT molecular complexity index is 1890. The summed E-state index contributed by atoms with van der Waals surface area (Å²) in [6.07, 6.45) is 108. The van der Waals surface area contributed by atoms with Gasteiger partial charge in [0.2, 0.25) is 0 Å². The fourth-order valence-corrected chi connectivity index (χ4v) is 13.5. The summed E-state index contributed by atoms with van der Waals surface area (Å²) < 4.78 is 34.5. The van der Waals surface area contributed by atoms with Crippen LogP contribution in [0.25, 0.3) is 0 Å². The quantitative estimate of drug-likeness (QED) is 0.0195. The third-order valence-corrected chi connectivity index (χ3v) is 20.2. The molecule has 0 heterocycles. The Labute approximate surface area is 609 Å². The Morgan fingerprint density at radius 1 is 0.327 bits per heavy atom. The Hall–Kier alpha value is -2.55. The van der Waals surface area contributed by atoms with E-state index in [4.69, 9.17) is 18.5 Å². The largest absolute Gasteiger partial charge is 0.756 e. The highest BCUT2D eigenvalue weighted by Gasteiger charge is 2.22. The molecule has 0 amide bonds. The number of hydrogen-bond donors (Lipinski definition) is 0. The van der Waals surface area contributed by atoms with Crippen molar-refractivity contribution in [2.75, 3.05) is 47.5 Å². The van der Waals surface area contributed by atoms with Crippen molar-refractivity contribution >= 4 is 19.8 Å². The van der Waals surface area contributed by atoms with E-state index in [1.807, 2.05) is 21.1 Å². The number of ether oxygens (including phenoxy) is 2. The normalized spacial score (nSPS) is 13.3. The van der Waals surface area contributed by atoms with E-state index in [9.17, 15) is 19.0 Å². The zero-order chi connectivity index (χ0) is 71.1. The van der Waals surface area contributed by atoms with Crippen LogP contribution in [-0.2, 0) is 32.7 Å². The summed E-state index contributed by atoms with van der Waals surface area (Å²) in [6.45, 7) is 4.20. The zero-order valence-electron chi connectivity index (χ0n) is 65.7. The Balaban J connectivity index is 3.89. The van der Waals surface area contributed by atoms with Gasteiger partial charge in [0.1, 0.15) is 19.8 Å². The van der Waals surface area contributed by atoms with Gasteiger partial charge < -0.3 is 27.9 Å². The van der Waals surface area contributed by atoms with Crippen molar-refractivity contribution < 1.29 is 42.1 Å². The highest BCUT2D eigenvalue weighted by atomic mass is 31.2. The average Bonchev–Trinajstić information content (AvgIpc) is 1.08. The van der Waals surface area contributed by atoms with Crippen molar-refractivity contribution in [3.63, 3.8) is 0 Å². The van der Waals surface area contributed by atoms with Gasteiger partial charge in [0.05, 0.1) is 27.7 Å². The van der Waals surface area contributed by atoms with Crippen molar-refractivity contribution in [1.82, 2.24) is 0 Å². The molecule has 2 atom stereocenters. The molecular weight excluding hydrogens is 1230 g/mol. The van der Waals surface area contributed by atoms with Crippen LogP contribution in [0, 0.1) is 0 Å². The smallest absolute Gasteiger partial charge is 0.306 e. The number of phosphoric ester groups is 1. The Morgan fingerprint density at radius 2 is 0.582 bits per heavy atom. The average molecular weight is 1400 g/mol. The van der Waals surface area contributed by atoms with Crippen LogP contribution in [0.2, 0.25) is 0 Å². The summed E-state index contributed by atoms with van der Waals surface area (Å²) in [6, 6.07) is 0. The Morgan fingerprint density at radius 3 is 0.867 bits per heavy atom. The van der Waals surface area contributed by atoms with Crippen LogP contribution < -0.4 is 4.89 Å². The van der Waals surface area contributed by atoms with Crippen molar-refractivity contribution in [2.45, 2.75) is 431 Å². The van der Waals surface area contributed by atoms with Crippen molar-refractivity contribution in [3.8, 4) is 0 Å². The number of carbonyl (C=O) groups is 2. The summed E-state index contributed by atoms with van der Waals surface area (Å²) in [5.41, 5.74) is 0. The van der Waals surface area contributed by atoms with Crippen LogP contribution in [0.5, 0.6) is 0 Å². The first-order valence-corrected chi connectivity index (χ1v) is 44.1. The molecule has 0 saturated heterocycles. The predicted octanol–water partition coefficient (Wildman–Crippen LogP) is 28.0. The van der Waals surface area contributed by atoms with E-state index < -0.39 is 26.5 Å². The molecule has 0 aromatic carbocycles. The lowest BCUT2D eigenvalue weighted by molar-refractivity contribution is -0.870. The highest BCUT2D eigenvalue weighted by molar-refractivity contribution is 7.45. The fraction of sp³-hybridized carbons (Fsp3) is 0.841. The molecule has 0 aromatic heterocycles. The number of quaternary nitrogens is 1. The van der Waals surface area contributed by atoms with Gasteiger partial charge in [-0.1, -0.05) is 421 Å². The molecule has 0 saturated carbocycles. The van der Waals surface area contributed by atoms with Gasteiger partial charge in [-0.3, -0.25) is 14.2 Å². The first-order chi connectivity index (χ1) is 48.0. The summed E-state index contributed by atoms with van der Waals surface area (Å²) in [5, 5.41) is 0. The summed E-state index contributed by atoms with van der Waals surface area (Å²) in [7, 11) is 1.18. The third-order valence-electron chi connectivity index (χ3n) is 19.2. The zero-order valence-corrected chi connectivity index (χ0v) is 66.6. The molecule has 0 bridgehead atoms. The first-order valence-electron chi connectivity index (χ1n) is 42.6. The van der Waals surface area contributed by atoms with Gasteiger partial charge in [-0.2, -0.15) is 0 Å². The van der Waals surface area contributed by atoms with Crippen LogP contribution in [0.4, 0.5) is 0 Å². The van der Waals surface area contributed by atoms with Gasteiger partial charge in [0.15, 0.2) is 6.10 Å². The molecular formula is C88H164NO8P. The molecule has 0 aliphatic carbocycles. The molecule has 2 unspecified atom stereocenters. The van der Waals surface area contributed by atoms with Gasteiger partial charge in [0.25, 0.3) is 7.82 Å². The SMILES string of the molecule is CC/C=C\C/C=C\C/C=C\C/C=C\C/C=C\C/C=C\CCCCCCCCCCCCCCCCCCC(=O)OC(COC(=O)CCCCCCCCCCCCCCCCCCCCCCCCCCCCCCCCCCCCCCCCC)COP(=O)([O-])OCC[N+](C)(C)C. The Kier molecular flexibility index (Phi) is 76.5. The lowest BCUT2D eigenvalue weighted by Crippen LogP contribution is -2.37.